The number of carbonyl (C=O) groups is 4. The number of hydrogen-bond donors (Lipinski definition) is 10. The van der Waals surface area contributed by atoms with Crippen molar-refractivity contribution in [1.82, 2.24) is 50.4 Å². The van der Waals surface area contributed by atoms with Crippen LogP contribution in [-0.4, -0.2) is 323 Å². The first-order valence-electron chi connectivity index (χ1n) is 34.4. The molecule has 36 heteroatoms. The standard InChI is InChI=1S/C15H23N2O4P.C14H22BrN2O3P.C14H22ClN2O3P.C14H22IN2O3P.C13H20IN2O4P/c1-10-16-11(18)5-7-17(10)14-12-13(19)15(21-14,9-20-12)6-8-22(2,3)4;3*1-9-16-11(18)5-7-17(9)14-12(15)13(19)10(20-14)6-8-21(2,3)4;1-21(2,3)7-5-8-11(18)10(14)12(20-8)16-6-4-9(17)15-13(16)19/h5,7,12-14,19H,1-2,6,8-9H2,3-4H3,(H,16,18);3*5,7,10,12-14,19H,1-2,6,8H2,3-4H3,(H,16,18);4,6,8,10-12,18H,1,5,7H2,2-3H3,(H,15,17,19)/t12-,13+,14?,15+;3*10-,12-,13-,14?;8-,10-,11-,12?/m11111/s1. The van der Waals surface area contributed by atoms with Gasteiger partial charge < -0.3 is 94.8 Å². The number of hydrogen-bond acceptors (Lipinski definition) is 21. The second-order valence-electron chi connectivity index (χ2n) is 31.1. The van der Waals surface area contributed by atoms with E-state index < -0.39 is 112 Å². The molecule has 11 heterocycles. The van der Waals surface area contributed by atoms with Gasteiger partial charge in [-0.05, 0) is 130 Å². The van der Waals surface area contributed by atoms with Crippen molar-refractivity contribution in [3.8, 4) is 0 Å². The minimum atomic E-state index is -1.20. The Kier molecular flexibility index (Phi) is 31.7. The zero-order valence-electron chi connectivity index (χ0n) is 62.0. The molecule has 11 rings (SSSR count). The van der Waals surface area contributed by atoms with E-state index in [2.05, 4.69) is 212 Å². The molecule has 10 N–H and O–H groups in total. The monoisotopic (exact) mass is 1880 g/mol. The minimum Gasteiger partial charge on any atom is -0.389 e. The maximum Gasteiger partial charge on any atom is 0.330 e. The third kappa shape index (κ3) is 24.7. The molecular weight excluding hydrogens is 1780 g/mol. The molecule has 106 heavy (non-hydrogen) atoms. The summed E-state index contributed by atoms with van der Waals surface area (Å²) in [7, 11) is 0. The van der Waals surface area contributed by atoms with Crippen LogP contribution in [0, 0.1) is 0 Å². The van der Waals surface area contributed by atoms with E-state index in [1.807, 2.05) is 0 Å². The van der Waals surface area contributed by atoms with Gasteiger partial charge in [0.1, 0.15) is 58.8 Å². The number of aromatic amines is 1. The van der Waals surface area contributed by atoms with E-state index in [0.29, 0.717) is 29.9 Å². The van der Waals surface area contributed by atoms with E-state index >= 15 is 0 Å². The minimum absolute atomic E-state index is 0.0877. The molecule has 27 nitrogen and oxygen atoms in total. The van der Waals surface area contributed by atoms with Gasteiger partial charge in [-0.25, -0.2) is 4.79 Å². The fraction of sp³-hybridized carbons (Fsp3) is 0.586. The third-order valence-electron chi connectivity index (χ3n) is 18.5. The molecule has 0 aromatic carbocycles. The van der Waals surface area contributed by atoms with Gasteiger partial charge in [-0.3, -0.25) is 33.5 Å². The molecule has 0 saturated carbocycles. The second-order valence-corrected chi connectivity index (χ2v) is 57.2. The molecule has 10 aliphatic heterocycles. The number of ether oxygens (including phenoxy) is 6. The van der Waals surface area contributed by atoms with Crippen molar-refractivity contribution < 1.29 is 73.1 Å². The lowest BCUT2D eigenvalue weighted by molar-refractivity contribution is -0.182. The quantitative estimate of drug-likeness (QED) is 0.0467. The van der Waals surface area contributed by atoms with Gasteiger partial charge in [-0.1, -0.05) is 87.4 Å². The van der Waals surface area contributed by atoms with Crippen LogP contribution in [0.1, 0.15) is 38.3 Å². The number of alkyl halides is 4. The van der Waals surface area contributed by atoms with E-state index in [-0.39, 0.29) is 73.2 Å². The van der Waals surface area contributed by atoms with Gasteiger partial charge in [0.15, 0.2) is 24.9 Å². The molecule has 20 atom stereocenters. The van der Waals surface area contributed by atoms with Crippen molar-refractivity contribution in [3.05, 3.63) is 132 Å². The number of amides is 4. The smallest absolute Gasteiger partial charge is 0.330 e. The molecule has 594 valence electrons. The van der Waals surface area contributed by atoms with Crippen LogP contribution in [0.4, 0.5) is 0 Å². The van der Waals surface area contributed by atoms with E-state index in [9.17, 15) is 54.3 Å². The van der Waals surface area contributed by atoms with Crippen molar-refractivity contribution in [2.24, 2.45) is 0 Å². The lowest BCUT2D eigenvalue weighted by Crippen LogP contribution is -2.49. The number of aliphatic hydroxyl groups excluding tert-OH is 5. The van der Waals surface area contributed by atoms with Crippen molar-refractivity contribution in [3.63, 3.8) is 0 Å². The third-order valence-corrected chi connectivity index (χ3v) is 30.0. The zero-order chi connectivity index (χ0) is 79.3. The summed E-state index contributed by atoms with van der Waals surface area (Å²) in [5.41, 5.74) is -1.65. The van der Waals surface area contributed by atoms with Gasteiger partial charge in [-0.2, -0.15) is 0 Å². The summed E-state index contributed by atoms with van der Waals surface area (Å²) < 4.78 is 36.7. The number of fused-ring (bicyclic) bond motifs is 2. The first-order chi connectivity index (χ1) is 49.0. The van der Waals surface area contributed by atoms with E-state index in [0.717, 1.165) is 62.9 Å². The first kappa shape index (κ1) is 90.2. The van der Waals surface area contributed by atoms with Gasteiger partial charge in [-0.15, -0.1) is 77.5 Å². The maximum absolute atomic E-state index is 11.8. The van der Waals surface area contributed by atoms with Crippen LogP contribution in [0.2, 0.25) is 0 Å². The Morgan fingerprint density at radius 3 is 1.25 bits per heavy atom. The largest absolute Gasteiger partial charge is 0.389 e. The van der Waals surface area contributed by atoms with Crippen LogP contribution in [0.3, 0.4) is 0 Å². The summed E-state index contributed by atoms with van der Waals surface area (Å²) in [4.78, 5) is 76.9. The number of aromatic nitrogens is 2. The molecular formula is C70H109BrClI2N10O17P5. The molecule has 0 radical (unpaired) electrons. The van der Waals surface area contributed by atoms with Gasteiger partial charge in [0.2, 0.25) is 0 Å². The van der Waals surface area contributed by atoms with Crippen LogP contribution in [0.25, 0.3) is 0 Å². The van der Waals surface area contributed by atoms with Crippen LogP contribution in [0.5, 0.6) is 0 Å². The number of nitrogens with zero attached hydrogens (tertiary/aromatic N) is 5. The van der Waals surface area contributed by atoms with Crippen molar-refractivity contribution in [2.45, 2.75) is 148 Å². The predicted octanol–water partition coefficient (Wildman–Crippen LogP) is 4.99. The number of rotatable bonds is 20. The highest BCUT2D eigenvalue weighted by molar-refractivity contribution is 14.1. The molecule has 6 fully saturated rings. The fourth-order valence-corrected chi connectivity index (χ4v) is 20.3. The van der Waals surface area contributed by atoms with Crippen molar-refractivity contribution >= 4 is 162 Å². The number of carbonyl (C=O) groups excluding carboxylic acids is 4. The highest BCUT2D eigenvalue weighted by Crippen LogP contribution is 2.49. The van der Waals surface area contributed by atoms with Gasteiger partial charge in [0, 0.05) is 61.4 Å². The Labute approximate surface area is 664 Å². The molecule has 1 aromatic rings. The van der Waals surface area contributed by atoms with Crippen molar-refractivity contribution in [2.75, 3.05) is 104 Å². The maximum atomic E-state index is 11.8. The fourth-order valence-electron chi connectivity index (χ4n) is 12.4. The van der Waals surface area contributed by atoms with E-state index in [1.54, 1.807) is 44.4 Å². The zero-order valence-corrected chi connectivity index (χ0v) is 73.1. The van der Waals surface area contributed by atoms with Gasteiger partial charge in [0.05, 0.1) is 62.0 Å². The molecule has 6 saturated heterocycles. The Balaban J connectivity index is 0.000000185. The Bertz CT molecular complexity index is 3730. The lowest BCUT2D eigenvalue weighted by Gasteiger charge is -2.38. The van der Waals surface area contributed by atoms with Crippen LogP contribution >= 0.6 is 107 Å². The van der Waals surface area contributed by atoms with Crippen LogP contribution < -0.4 is 32.5 Å². The van der Waals surface area contributed by atoms with Crippen LogP contribution in [-0.2, 0) is 47.6 Å². The summed E-state index contributed by atoms with van der Waals surface area (Å²) in [5.74, 6) is 0.907. The number of nitrogens with one attached hydrogen (secondary N) is 5. The van der Waals surface area contributed by atoms with Crippen LogP contribution in [0.15, 0.2) is 121 Å². The summed E-state index contributed by atoms with van der Waals surface area (Å²) >= 11 is 14.1. The predicted molar refractivity (Wildman–Crippen MR) is 456 cm³/mol. The summed E-state index contributed by atoms with van der Waals surface area (Å²) in [6.07, 6.45) is 36.0. The summed E-state index contributed by atoms with van der Waals surface area (Å²) in [6.45, 7) is 31.4. The first-order valence-corrected chi connectivity index (χ1v) is 53.5. The lowest BCUT2D eigenvalue weighted by atomic mass is 9.96. The molecule has 0 aliphatic carbocycles. The average Bonchev–Trinajstić information content (AvgIpc) is 1.58. The highest BCUT2D eigenvalue weighted by atomic mass is 127. The average molecular weight is 1890 g/mol. The normalized spacial score (nSPS) is 33.6. The highest BCUT2D eigenvalue weighted by Gasteiger charge is 2.62. The van der Waals surface area contributed by atoms with Gasteiger partial charge in [0.25, 0.3) is 29.2 Å². The SMILES string of the molecule is C=C1NC(=O)C=CN1C1O[C@@]2(CCP(=C)(C)C)CO[C@@H]1[C@@H]2O.C=C1NC(=O)C=CN1C1O[C@H](CCP(=C)(C)C)[C@@H](O)[C@H]1Br.C=C1NC(=O)C=CN1C1O[C@H](CCP(=C)(C)C)[C@@H](O)[C@H]1Cl.C=C1NC(=O)C=CN1C1O[C@H](CCP(=C)(C)C)[C@@H](O)[C@H]1I.C=P(C)(C)CC[C@H]1OC(n2ccc(=O)[nH]c2=O)[C@H](I)[C@@H]1O. The van der Waals surface area contributed by atoms with Gasteiger partial charge >= 0.3 is 5.69 Å². The molecule has 0 spiro atoms. The second kappa shape index (κ2) is 37.3. The molecule has 4 amide bonds. The summed E-state index contributed by atoms with van der Waals surface area (Å²) in [5, 5.41) is 61.8. The Morgan fingerprint density at radius 1 is 0.509 bits per heavy atom. The van der Waals surface area contributed by atoms with E-state index in [1.165, 1.54) is 41.1 Å². The molecule has 1 aromatic heterocycles. The molecule has 2 bridgehead atoms. The topological polar surface area (TPSA) is 341 Å². The number of H-pyrrole nitrogens is 1. The number of halogens is 4. The molecule has 10 aliphatic rings. The Hall–Kier alpha value is -3.03. The molecule has 5 unspecified atom stereocenters. The summed E-state index contributed by atoms with van der Waals surface area (Å²) in [6, 6.07) is 1.28. The van der Waals surface area contributed by atoms with E-state index in [4.69, 9.17) is 40.0 Å². The number of aliphatic hydroxyl groups is 5. The Morgan fingerprint density at radius 2 is 0.849 bits per heavy atom. The van der Waals surface area contributed by atoms with Crippen molar-refractivity contribution in [1.29, 1.82) is 0 Å².